The SMILES string of the molecule is CN(C)C=O.Cc1cc(C)c(-n2cc(C(=O)c3cc(Br)ccc3O)cc(C#N)c2=O)c(C)c1. The van der Waals surface area contributed by atoms with Crippen LogP contribution < -0.4 is 5.56 Å². The van der Waals surface area contributed by atoms with Crippen molar-refractivity contribution in [2.24, 2.45) is 0 Å². The molecule has 0 aliphatic carbocycles. The Balaban J connectivity index is 0.000000696. The average Bonchev–Trinajstić information content (AvgIpc) is 2.75. The van der Waals surface area contributed by atoms with Crippen molar-refractivity contribution >= 4 is 28.1 Å². The van der Waals surface area contributed by atoms with Crippen LogP contribution in [0.4, 0.5) is 0 Å². The van der Waals surface area contributed by atoms with E-state index in [-0.39, 0.29) is 22.4 Å². The molecule has 0 unspecified atom stereocenters. The molecule has 1 amide bonds. The fourth-order valence-corrected chi connectivity index (χ4v) is 3.71. The lowest BCUT2D eigenvalue weighted by Crippen LogP contribution is -2.24. The highest BCUT2D eigenvalue weighted by Crippen LogP contribution is 2.26. The van der Waals surface area contributed by atoms with Crippen LogP contribution in [0.5, 0.6) is 5.75 Å². The molecule has 3 aromatic rings. The van der Waals surface area contributed by atoms with E-state index in [0.29, 0.717) is 10.2 Å². The summed E-state index contributed by atoms with van der Waals surface area (Å²) < 4.78 is 1.97. The molecule has 0 radical (unpaired) electrons. The number of aromatic hydroxyl groups is 1. The van der Waals surface area contributed by atoms with Crippen molar-refractivity contribution in [3.05, 3.63) is 90.8 Å². The zero-order chi connectivity index (χ0) is 24.9. The van der Waals surface area contributed by atoms with Crippen molar-refractivity contribution in [2.45, 2.75) is 20.8 Å². The Bertz CT molecular complexity index is 1300. The second-order valence-electron chi connectivity index (χ2n) is 7.74. The third-order valence-electron chi connectivity index (χ3n) is 4.69. The van der Waals surface area contributed by atoms with Gasteiger partial charge in [-0.25, -0.2) is 0 Å². The van der Waals surface area contributed by atoms with Crippen LogP contribution in [0.2, 0.25) is 0 Å². The number of phenols is 1. The minimum Gasteiger partial charge on any atom is -0.507 e. The number of nitrogens with zero attached hydrogens (tertiary/aromatic N) is 3. The molecule has 0 saturated carbocycles. The minimum atomic E-state index is -0.493. The Morgan fingerprint density at radius 2 is 1.70 bits per heavy atom. The van der Waals surface area contributed by atoms with Crippen molar-refractivity contribution in [1.82, 2.24) is 9.47 Å². The smallest absolute Gasteiger partial charge is 0.273 e. The number of amides is 1. The van der Waals surface area contributed by atoms with Crippen LogP contribution in [0, 0.1) is 32.1 Å². The Morgan fingerprint density at radius 1 is 1.12 bits per heavy atom. The van der Waals surface area contributed by atoms with E-state index in [1.165, 1.54) is 33.9 Å². The molecule has 1 aromatic heterocycles. The Morgan fingerprint density at radius 3 is 2.21 bits per heavy atom. The molecular formula is C25H24BrN3O4. The van der Waals surface area contributed by atoms with Crippen LogP contribution in [0.15, 0.2) is 51.9 Å². The standard InChI is InChI=1S/C22H17BrN2O3.C3H7NO/c1-12-6-13(2)20(14(3)7-12)25-11-16(8-15(10-24)22(25)28)21(27)18-9-17(23)4-5-19(18)26;1-4(2)3-5/h4-9,11,26H,1-3H3;3H,1-2H3. The van der Waals surface area contributed by atoms with E-state index in [2.05, 4.69) is 15.9 Å². The van der Waals surface area contributed by atoms with Gasteiger partial charge in [-0.1, -0.05) is 33.6 Å². The van der Waals surface area contributed by atoms with E-state index in [4.69, 9.17) is 0 Å². The molecule has 0 spiro atoms. The second-order valence-corrected chi connectivity index (χ2v) is 8.65. The number of hydrogen-bond donors (Lipinski definition) is 1. The summed E-state index contributed by atoms with van der Waals surface area (Å²) in [4.78, 5) is 36.7. The average molecular weight is 510 g/mol. The van der Waals surface area contributed by atoms with Gasteiger partial charge < -0.3 is 10.0 Å². The number of pyridine rings is 1. The maximum Gasteiger partial charge on any atom is 0.273 e. The first kappa shape index (κ1) is 25.6. The van der Waals surface area contributed by atoms with Gasteiger partial charge in [0, 0.05) is 30.3 Å². The van der Waals surface area contributed by atoms with Crippen molar-refractivity contribution in [3.63, 3.8) is 0 Å². The summed E-state index contributed by atoms with van der Waals surface area (Å²) in [6.07, 6.45) is 2.18. The second kappa shape index (κ2) is 10.7. The maximum absolute atomic E-state index is 13.0. The van der Waals surface area contributed by atoms with E-state index in [0.717, 1.165) is 23.1 Å². The van der Waals surface area contributed by atoms with Gasteiger partial charge in [-0.2, -0.15) is 5.26 Å². The third kappa shape index (κ3) is 5.96. The number of carbonyl (C=O) groups excluding carboxylic acids is 2. The van der Waals surface area contributed by atoms with Crippen molar-refractivity contribution in [3.8, 4) is 17.5 Å². The van der Waals surface area contributed by atoms with E-state index >= 15 is 0 Å². The van der Waals surface area contributed by atoms with Crippen LogP contribution in [-0.4, -0.2) is 40.9 Å². The number of hydrogen-bond acceptors (Lipinski definition) is 5. The highest BCUT2D eigenvalue weighted by Gasteiger charge is 2.19. The number of rotatable bonds is 4. The molecule has 0 saturated heterocycles. The Labute approximate surface area is 200 Å². The Hall–Kier alpha value is -3.70. The van der Waals surface area contributed by atoms with Crippen LogP contribution in [0.1, 0.15) is 38.2 Å². The van der Waals surface area contributed by atoms with Gasteiger partial charge in [0.15, 0.2) is 5.78 Å². The van der Waals surface area contributed by atoms with Crippen LogP contribution in [0.3, 0.4) is 0 Å². The fraction of sp³-hybridized carbons (Fsp3) is 0.200. The topological polar surface area (TPSA) is 103 Å². The van der Waals surface area contributed by atoms with Gasteiger partial charge in [0.1, 0.15) is 17.4 Å². The molecule has 1 heterocycles. The molecule has 7 nitrogen and oxygen atoms in total. The monoisotopic (exact) mass is 509 g/mol. The molecular weight excluding hydrogens is 486 g/mol. The molecule has 0 atom stereocenters. The molecule has 0 aliphatic rings. The first-order chi connectivity index (χ1) is 15.5. The third-order valence-corrected chi connectivity index (χ3v) is 5.18. The van der Waals surface area contributed by atoms with Crippen LogP contribution in [0.25, 0.3) is 5.69 Å². The maximum atomic E-state index is 13.0. The summed E-state index contributed by atoms with van der Waals surface area (Å²) in [5.74, 6) is -0.654. The van der Waals surface area contributed by atoms with Gasteiger partial charge >= 0.3 is 0 Å². The zero-order valence-corrected chi connectivity index (χ0v) is 20.6. The molecule has 2 aromatic carbocycles. The number of benzene rings is 2. The van der Waals surface area contributed by atoms with Crippen LogP contribution >= 0.6 is 15.9 Å². The first-order valence-electron chi connectivity index (χ1n) is 9.90. The van der Waals surface area contributed by atoms with E-state index < -0.39 is 11.3 Å². The molecule has 0 aliphatic heterocycles. The molecule has 0 fully saturated rings. The van der Waals surface area contributed by atoms with Crippen LogP contribution in [-0.2, 0) is 4.79 Å². The summed E-state index contributed by atoms with van der Waals surface area (Å²) in [7, 11) is 3.38. The summed E-state index contributed by atoms with van der Waals surface area (Å²) in [6, 6.07) is 11.5. The van der Waals surface area contributed by atoms with Crippen molar-refractivity contribution in [2.75, 3.05) is 14.1 Å². The van der Waals surface area contributed by atoms with Gasteiger partial charge in [-0.05, 0) is 56.2 Å². The molecule has 0 bridgehead atoms. The fourth-order valence-electron chi connectivity index (χ4n) is 3.35. The molecule has 33 heavy (non-hydrogen) atoms. The number of carbonyl (C=O) groups is 2. The van der Waals surface area contributed by atoms with Gasteiger partial charge in [0.25, 0.3) is 5.56 Å². The number of phenolic OH excluding ortho intramolecular Hbond substituents is 1. The van der Waals surface area contributed by atoms with Gasteiger partial charge in [0.05, 0.1) is 11.3 Å². The summed E-state index contributed by atoms with van der Waals surface area (Å²) in [5, 5.41) is 19.5. The van der Waals surface area contributed by atoms with Crippen molar-refractivity contribution in [1.29, 1.82) is 5.26 Å². The lowest BCUT2D eigenvalue weighted by Gasteiger charge is -2.15. The van der Waals surface area contributed by atoms with Crippen molar-refractivity contribution < 1.29 is 14.7 Å². The molecule has 8 heteroatoms. The largest absolute Gasteiger partial charge is 0.507 e. The summed E-state index contributed by atoms with van der Waals surface area (Å²) in [5.41, 5.74) is 3.01. The van der Waals surface area contributed by atoms with Gasteiger partial charge in [-0.3, -0.25) is 19.0 Å². The number of aryl methyl sites for hydroxylation is 3. The van der Waals surface area contributed by atoms with Gasteiger partial charge in [-0.15, -0.1) is 0 Å². The van der Waals surface area contributed by atoms with E-state index in [9.17, 15) is 24.8 Å². The van der Waals surface area contributed by atoms with E-state index in [1.54, 1.807) is 20.2 Å². The quantitative estimate of drug-likeness (QED) is 0.422. The van der Waals surface area contributed by atoms with Gasteiger partial charge in [0.2, 0.25) is 6.41 Å². The number of ketones is 1. The predicted octanol–water partition coefficient (Wildman–Crippen LogP) is 4.04. The highest BCUT2D eigenvalue weighted by molar-refractivity contribution is 9.10. The first-order valence-corrected chi connectivity index (χ1v) is 10.7. The summed E-state index contributed by atoms with van der Waals surface area (Å²) >= 11 is 3.28. The molecule has 1 N–H and O–H groups in total. The summed E-state index contributed by atoms with van der Waals surface area (Å²) in [6.45, 7) is 5.72. The normalized spacial score (nSPS) is 9.97. The lowest BCUT2D eigenvalue weighted by molar-refractivity contribution is -0.115. The number of halogens is 1. The molecule has 170 valence electrons. The highest BCUT2D eigenvalue weighted by atomic mass is 79.9. The lowest BCUT2D eigenvalue weighted by atomic mass is 10.0. The Kier molecular flexibility index (Phi) is 8.32. The predicted molar refractivity (Wildman–Crippen MR) is 130 cm³/mol. The minimum absolute atomic E-state index is 0.0841. The zero-order valence-electron chi connectivity index (χ0n) is 19.0. The number of aromatic nitrogens is 1. The van der Waals surface area contributed by atoms with E-state index in [1.807, 2.05) is 39.0 Å². The number of nitriles is 1. The molecule has 3 rings (SSSR count).